The maximum Gasteiger partial charge on any atom is 0.408 e. The van der Waals surface area contributed by atoms with Gasteiger partial charge >= 0.3 is 12.1 Å². The molecule has 1 rings (SSSR count). The summed E-state index contributed by atoms with van der Waals surface area (Å²) < 4.78 is 9.87. The van der Waals surface area contributed by atoms with Crippen molar-refractivity contribution in [3.8, 4) is 0 Å². The first-order chi connectivity index (χ1) is 9.09. The number of hydrogen-bond donors (Lipinski definition) is 1. The van der Waals surface area contributed by atoms with Crippen molar-refractivity contribution in [1.29, 1.82) is 0 Å². The molecule has 20 heavy (non-hydrogen) atoms. The van der Waals surface area contributed by atoms with Gasteiger partial charge in [-0.3, -0.25) is 0 Å². The Labute approximate surface area is 120 Å². The molecule has 5 nitrogen and oxygen atoms in total. The zero-order chi connectivity index (χ0) is 15.6. The number of carbonyl (C=O) groups excluding carboxylic acids is 2. The highest BCUT2D eigenvalue weighted by atomic mass is 16.6. The van der Waals surface area contributed by atoms with Crippen molar-refractivity contribution in [2.45, 2.75) is 51.7 Å². The molecule has 1 aliphatic carbocycles. The number of nitrogens with one attached hydrogen (secondary N) is 1. The molecular weight excluding hydrogens is 258 g/mol. The average Bonchev–Trinajstić information content (AvgIpc) is 3.05. The lowest BCUT2D eigenvalue weighted by Crippen LogP contribution is -2.41. The van der Waals surface area contributed by atoms with Gasteiger partial charge in [0.05, 0.1) is 12.6 Å². The first kappa shape index (κ1) is 16.3. The lowest BCUT2D eigenvalue weighted by molar-refractivity contribution is -0.136. The van der Waals surface area contributed by atoms with E-state index in [0.717, 1.165) is 12.8 Å². The van der Waals surface area contributed by atoms with E-state index in [1.807, 2.05) is 20.8 Å². The Hall–Kier alpha value is -1.78. The first-order valence-corrected chi connectivity index (χ1v) is 6.57. The molecule has 0 saturated heterocycles. The lowest BCUT2D eigenvalue weighted by Gasteiger charge is -2.24. The third kappa shape index (κ3) is 4.40. The molecule has 0 aromatic carbocycles. The molecular formula is C15H23NO4. The topological polar surface area (TPSA) is 64.6 Å². The molecule has 0 bridgehead atoms. The number of ether oxygens (including phenoxy) is 2. The van der Waals surface area contributed by atoms with Gasteiger partial charge in [0.25, 0.3) is 0 Å². The van der Waals surface area contributed by atoms with Crippen molar-refractivity contribution in [3.05, 3.63) is 23.8 Å². The minimum Gasteiger partial charge on any atom is -0.466 e. The van der Waals surface area contributed by atoms with E-state index in [0.29, 0.717) is 11.1 Å². The van der Waals surface area contributed by atoms with Crippen LogP contribution < -0.4 is 5.32 Å². The minimum absolute atomic E-state index is 0.404. The molecule has 1 aliphatic rings. The predicted octanol–water partition coefficient (Wildman–Crippen LogP) is 2.72. The number of hydrogen-bond acceptors (Lipinski definition) is 4. The van der Waals surface area contributed by atoms with Gasteiger partial charge in [-0.05, 0) is 52.2 Å². The van der Waals surface area contributed by atoms with E-state index in [9.17, 15) is 9.59 Å². The molecule has 0 radical (unpaired) electrons. The van der Waals surface area contributed by atoms with Crippen LogP contribution in [0.15, 0.2) is 23.8 Å². The summed E-state index contributed by atoms with van der Waals surface area (Å²) in [5.74, 6) is -0.404. The first-order valence-electron chi connectivity index (χ1n) is 6.57. The van der Waals surface area contributed by atoms with Gasteiger partial charge in [0.15, 0.2) is 0 Å². The van der Waals surface area contributed by atoms with Crippen molar-refractivity contribution >= 4 is 12.1 Å². The van der Waals surface area contributed by atoms with E-state index >= 15 is 0 Å². The summed E-state index contributed by atoms with van der Waals surface area (Å²) in [6, 6.07) is 0. The number of esters is 1. The molecule has 5 heteroatoms. The fourth-order valence-electron chi connectivity index (χ4n) is 1.77. The molecule has 0 atom stereocenters. The summed E-state index contributed by atoms with van der Waals surface area (Å²) in [6.07, 6.45) is 2.75. The molecule has 1 N–H and O–H groups in total. The summed E-state index contributed by atoms with van der Waals surface area (Å²) in [5.41, 5.74) is 0.109. The van der Waals surface area contributed by atoms with Crippen LogP contribution in [-0.4, -0.2) is 30.3 Å². The van der Waals surface area contributed by atoms with Crippen molar-refractivity contribution in [3.63, 3.8) is 0 Å². The summed E-state index contributed by atoms with van der Waals surface area (Å²) in [7, 11) is 1.33. The maximum absolute atomic E-state index is 11.8. The SMILES string of the molecule is C=C(/C=C(\C)C(=O)OC)C1(NC(=O)OC(C)(C)C)CC1. The maximum atomic E-state index is 11.8. The molecule has 0 heterocycles. The molecule has 1 fully saturated rings. The molecule has 1 saturated carbocycles. The monoisotopic (exact) mass is 281 g/mol. The van der Waals surface area contributed by atoms with E-state index in [4.69, 9.17) is 4.74 Å². The van der Waals surface area contributed by atoms with Gasteiger partial charge in [0, 0.05) is 5.57 Å². The summed E-state index contributed by atoms with van der Waals surface area (Å²) in [6.45, 7) is 11.0. The van der Waals surface area contributed by atoms with E-state index < -0.39 is 23.2 Å². The molecule has 0 spiro atoms. The summed E-state index contributed by atoms with van der Waals surface area (Å²) in [5, 5.41) is 2.83. The smallest absolute Gasteiger partial charge is 0.408 e. The molecule has 0 unspecified atom stereocenters. The molecule has 0 aliphatic heterocycles. The fourth-order valence-corrected chi connectivity index (χ4v) is 1.77. The Morgan fingerprint density at radius 1 is 1.30 bits per heavy atom. The Morgan fingerprint density at radius 3 is 2.25 bits per heavy atom. The second-order valence-corrected chi connectivity index (χ2v) is 6.05. The van der Waals surface area contributed by atoms with Crippen LogP contribution in [-0.2, 0) is 14.3 Å². The number of amides is 1. The van der Waals surface area contributed by atoms with E-state index in [2.05, 4.69) is 16.6 Å². The third-order valence-electron chi connectivity index (χ3n) is 3.00. The normalized spacial score (nSPS) is 17.1. The molecule has 1 amide bonds. The van der Waals surface area contributed by atoms with Gasteiger partial charge in [-0.15, -0.1) is 0 Å². The van der Waals surface area contributed by atoms with Crippen LogP contribution in [0.25, 0.3) is 0 Å². The van der Waals surface area contributed by atoms with Gasteiger partial charge < -0.3 is 14.8 Å². The van der Waals surface area contributed by atoms with Crippen LogP contribution in [0.5, 0.6) is 0 Å². The van der Waals surface area contributed by atoms with Crippen LogP contribution in [0.4, 0.5) is 4.79 Å². The zero-order valence-corrected chi connectivity index (χ0v) is 12.8. The van der Waals surface area contributed by atoms with Crippen LogP contribution in [0.1, 0.15) is 40.5 Å². The van der Waals surface area contributed by atoms with Crippen molar-refractivity contribution in [2.75, 3.05) is 7.11 Å². The second kappa shape index (κ2) is 5.69. The van der Waals surface area contributed by atoms with Crippen LogP contribution >= 0.6 is 0 Å². The Morgan fingerprint density at radius 2 is 1.85 bits per heavy atom. The Balaban J connectivity index is 2.69. The molecule has 0 aromatic heterocycles. The summed E-state index contributed by atoms with van der Waals surface area (Å²) >= 11 is 0. The largest absolute Gasteiger partial charge is 0.466 e. The van der Waals surface area contributed by atoms with Gasteiger partial charge in [-0.25, -0.2) is 9.59 Å². The Kier molecular flexibility index (Phi) is 4.63. The standard InChI is InChI=1S/C15H23NO4/c1-10(12(17)19-6)9-11(2)15(7-8-15)16-13(18)20-14(3,4)5/h9H,2,7-8H2,1,3-6H3,(H,16,18)/b10-9+. The van der Waals surface area contributed by atoms with Crippen molar-refractivity contribution in [1.82, 2.24) is 5.32 Å². The Bertz CT molecular complexity index is 453. The lowest BCUT2D eigenvalue weighted by atomic mass is 10.0. The molecule has 112 valence electrons. The number of carbonyl (C=O) groups is 2. The highest BCUT2D eigenvalue weighted by molar-refractivity contribution is 5.88. The number of rotatable bonds is 4. The van der Waals surface area contributed by atoms with E-state index in [1.165, 1.54) is 7.11 Å². The third-order valence-corrected chi connectivity index (χ3v) is 3.00. The van der Waals surface area contributed by atoms with E-state index in [1.54, 1.807) is 13.0 Å². The molecule has 0 aromatic rings. The van der Waals surface area contributed by atoms with Gasteiger partial charge in [-0.1, -0.05) is 6.58 Å². The fraction of sp³-hybridized carbons (Fsp3) is 0.600. The number of methoxy groups -OCH3 is 1. The quantitative estimate of drug-likeness (QED) is 0.489. The van der Waals surface area contributed by atoms with Crippen LogP contribution in [0.3, 0.4) is 0 Å². The van der Waals surface area contributed by atoms with E-state index in [-0.39, 0.29) is 0 Å². The predicted molar refractivity (Wildman–Crippen MR) is 76.2 cm³/mol. The zero-order valence-electron chi connectivity index (χ0n) is 12.8. The second-order valence-electron chi connectivity index (χ2n) is 6.05. The average molecular weight is 281 g/mol. The highest BCUT2D eigenvalue weighted by Gasteiger charge is 2.46. The van der Waals surface area contributed by atoms with Gasteiger partial charge in [-0.2, -0.15) is 0 Å². The van der Waals surface area contributed by atoms with Crippen LogP contribution in [0.2, 0.25) is 0 Å². The van der Waals surface area contributed by atoms with Crippen LogP contribution in [0, 0.1) is 0 Å². The van der Waals surface area contributed by atoms with Gasteiger partial charge in [0.1, 0.15) is 5.60 Å². The van der Waals surface area contributed by atoms with Gasteiger partial charge in [0.2, 0.25) is 0 Å². The minimum atomic E-state index is -0.542. The van der Waals surface area contributed by atoms with Crippen molar-refractivity contribution < 1.29 is 19.1 Å². The highest BCUT2D eigenvalue weighted by Crippen LogP contribution is 2.42. The van der Waals surface area contributed by atoms with Crippen molar-refractivity contribution in [2.24, 2.45) is 0 Å². The summed E-state index contributed by atoms with van der Waals surface area (Å²) in [4.78, 5) is 23.2. The number of alkyl carbamates (subject to hydrolysis) is 1.